The van der Waals surface area contributed by atoms with Gasteiger partial charge < -0.3 is 5.11 Å². The van der Waals surface area contributed by atoms with Crippen LogP contribution >= 0.6 is 0 Å². The number of rotatable bonds is 8. The molecule has 0 saturated heterocycles. The van der Waals surface area contributed by atoms with Crippen LogP contribution in [-0.4, -0.2) is 36.7 Å². The molecular weight excluding hydrogens is 273 g/mol. The highest BCUT2D eigenvalue weighted by molar-refractivity contribution is 7.92. The van der Waals surface area contributed by atoms with E-state index in [4.69, 9.17) is 5.11 Å². The summed E-state index contributed by atoms with van der Waals surface area (Å²) in [7, 11) is -4.25. The molecule has 1 N–H and O–H groups in total. The van der Waals surface area contributed by atoms with Crippen LogP contribution in [-0.2, 0) is 14.6 Å². The van der Waals surface area contributed by atoms with E-state index in [9.17, 15) is 26.4 Å². The van der Waals surface area contributed by atoms with Crippen LogP contribution in [0.2, 0.25) is 0 Å². The van der Waals surface area contributed by atoms with Crippen LogP contribution in [0.4, 0.5) is 13.2 Å². The fourth-order valence-corrected chi connectivity index (χ4v) is 3.07. The van der Waals surface area contributed by atoms with Crippen LogP contribution in [0.15, 0.2) is 0 Å². The second kappa shape index (κ2) is 6.96. The molecule has 1 unspecified atom stereocenters. The van der Waals surface area contributed by atoms with Crippen molar-refractivity contribution in [2.24, 2.45) is 0 Å². The minimum Gasteiger partial charge on any atom is -0.480 e. The highest BCUT2D eigenvalue weighted by atomic mass is 32.2. The van der Waals surface area contributed by atoms with Gasteiger partial charge in [-0.25, -0.2) is 8.42 Å². The Morgan fingerprint density at radius 1 is 1.28 bits per heavy atom. The monoisotopic (exact) mass is 290 g/mol. The number of carboxylic acids is 1. The van der Waals surface area contributed by atoms with E-state index in [-0.39, 0.29) is 6.42 Å². The van der Waals surface area contributed by atoms with Crippen molar-refractivity contribution in [3.05, 3.63) is 0 Å². The Kier molecular flexibility index (Phi) is 6.66. The Bertz CT molecular complexity index is 362. The average molecular weight is 290 g/mol. The van der Waals surface area contributed by atoms with Gasteiger partial charge in [0.25, 0.3) is 0 Å². The van der Waals surface area contributed by atoms with E-state index >= 15 is 0 Å². The largest absolute Gasteiger partial charge is 0.480 e. The minimum absolute atomic E-state index is 0.136. The van der Waals surface area contributed by atoms with Gasteiger partial charge >= 0.3 is 12.1 Å². The molecule has 0 radical (unpaired) electrons. The predicted molar refractivity (Wildman–Crippen MR) is 60.0 cm³/mol. The molecule has 4 nitrogen and oxygen atoms in total. The quantitative estimate of drug-likeness (QED) is 0.697. The van der Waals surface area contributed by atoms with E-state index in [1.807, 2.05) is 6.92 Å². The highest BCUT2D eigenvalue weighted by Crippen LogP contribution is 2.22. The Balaban J connectivity index is 4.62. The van der Waals surface area contributed by atoms with Gasteiger partial charge in [-0.2, -0.15) is 13.2 Å². The van der Waals surface area contributed by atoms with Crippen molar-refractivity contribution in [1.29, 1.82) is 0 Å². The molecular formula is C10H17F3O4S. The van der Waals surface area contributed by atoms with Gasteiger partial charge in [-0.3, -0.25) is 4.79 Å². The summed E-state index contributed by atoms with van der Waals surface area (Å²) >= 11 is 0. The third-order valence-corrected chi connectivity index (χ3v) is 4.53. The van der Waals surface area contributed by atoms with Gasteiger partial charge in [0.1, 0.15) is 0 Å². The molecule has 0 aliphatic carbocycles. The summed E-state index contributed by atoms with van der Waals surface area (Å²) in [5.41, 5.74) is 0. The first-order chi connectivity index (χ1) is 8.10. The summed E-state index contributed by atoms with van der Waals surface area (Å²) in [6.07, 6.45) is -4.44. The molecule has 0 heterocycles. The lowest BCUT2D eigenvalue weighted by Gasteiger charge is -2.14. The number of alkyl halides is 3. The molecule has 18 heavy (non-hydrogen) atoms. The zero-order valence-corrected chi connectivity index (χ0v) is 10.9. The summed E-state index contributed by atoms with van der Waals surface area (Å²) < 4.78 is 58.9. The van der Waals surface area contributed by atoms with Gasteiger partial charge in [0, 0.05) is 0 Å². The first-order valence-electron chi connectivity index (χ1n) is 5.61. The summed E-state index contributed by atoms with van der Waals surface area (Å²) in [5, 5.41) is 7.05. The average Bonchev–Trinajstić information content (AvgIpc) is 2.20. The lowest BCUT2D eigenvalue weighted by Crippen LogP contribution is -2.33. The Morgan fingerprint density at radius 3 is 2.22 bits per heavy atom. The van der Waals surface area contributed by atoms with Gasteiger partial charge in [-0.1, -0.05) is 26.2 Å². The third-order valence-electron chi connectivity index (χ3n) is 2.45. The van der Waals surface area contributed by atoms with Crippen LogP contribution in [0, 0.1) is 0 Å². The van der Waals surface area contributed by atoms with E-state index in [0.717, 1.165) is 6.42 Å². The third kappa shape index (κ3) is 6.83. The number of halogens is 3. The zero-order chi connectivity index (χ0) is 14.4. The number of hydrogen-bond acceptors (Lipinski definition) is 3. The van der Waals surface area contributed by atoms with Crippen molar-refractivity contribution in [3.8, 4) is 0 Å². The van der Waals surface area contributed by atoms with Crippen LogP contribution in [0.1, 0.15) is 39.0 Å². The fraction of sp³-hybridized carbons (Fsp3) is 0.900. The van der Waals surface area contributed by atoms with Crippen molar-refractivity contribution in [3.63, 3.8) is 0 Å². The van der Waals surface area contributed by atoms with E-state index in [0.29, 0.717) is 12.8 Å². The molecule has 0 amide bonds. The molecule has 0 fully saturated rings. The molecule has 0 aromatic rings. The van der Waals surface area contributed by atoms with Gasteiger partial charge in [0.15, 0.2) is 15.1 Å². The van der Waals surface area contributed by atoms with Crippen LogP contribution in [0.25, 0.3) is 0 Å². The zero-order valence-electron chi connectivity index (χ0n) is 10.0. The van der Waals surface area contributed by atoms with Gasteiger partial charge in [0.05, 0.1) is 12.2 Å². The Morgan fingerprint density at radius 2 is 1.83 bits per heavy atom. The maximum absolute atomic E-state index is 11.9. The van der Waals surface area contributed by atoms with Crippen molar-refractivity contribution >= 4 is 15.8 Å². The predicted octanol–water partition coefficient (Wildman–Crippen LogP) is 2.39. The van der Waals surface area contributed by atoms with Gasteiger partial charge in [-0.15, -0.1) is 0 Å². The molecule has 8 heteroatoms. The maximum Gasteiger partial charge on any atom is 0.390 e. The van der Waals surface area contributed by atoms with E-state index in [1.54, 1.807) is 0 Å². The lowest BCUT2D eigenvalue weighted by atomic mass is 10.1. The first-order valence-corrected chi connectivity index (χ1v) is 7.33. The van der Waals surface area contributed by atoms with Crippen molar-refractivity contribution < 1.29 is 31.5 Å². The fourth-order valence-electron chi connectivity index (χ4n) is 1.44. The molecule has 1 atom stereocenters. The van der Waals surface area contributed by atoms with Crippen molar-refractivity contribution in [2.45, 2.75) is 50.5 Å². The van der Waals surface area contributed by atoms with Crippen molar-refractivity contribution in [2.75, 3.05) is 5.75 Å². The molecule has 0 rings (SSSR count). The minimum atomic E-state index is -4.60. The molecule has 0 aromatic heterocycles. The van der Waals surface area contributed by atoms with E-state index in [2.05, 4.69) is 0 Å². The number of hydrogen-bond donors (Lipinski definition) is 1. The smallest absolute Gasteiger partial charge is 0.390 e. The summed E-state index contributed by atoms with van der Waals surface area (Å²) in [5.74, 6) is -2.74. The number of aliphatic carboxylic acids is 1. The molecule has 108 valence electrons. The maximum atomic E-state index is 11.9. The number of carbonyl (C=O) groups is 1. The Labute approximate surface area is 104 Å². The molecule has 0 aliphatic rings. The molecule has 0 bridgehead atoms. The summed E-state index contributed by atoms with van der Waals surface area (Å²) in [6, 6.07) is 0. The highest BCUT2D eigenvalue weighted by Gasteiger charge is 2.36. The molecule has 0 saturated carbocycles. The lowest BCUT2D eigenvalue weighted by molar-refractivity contribution is -0.137. The SMILES string of the molecule is CCCCCC(C(=O)O)S(=O)(=O)CCC(F)(F)F. The van der Waals surface area contributed by atoms with E-state index < -0.39 is 39.4 Å². The van der Waals surface area contributed by atoms with Crippen LogP contribution in [0.3, 0.4) is 0 Å². The summed E-state index contributed by atoms with van der Waals surface area (Å²) in [6.45, 7) is 1.86. The second-order valence-electron chi connectivity index (χ2n) is 4.05. The Hall–Kier alpha value is -0.790. The second-order valence-corrected chi connectivity index (χ2v) is 6.36. The summed E-state index contributed by atoms with van der Waals surface area (Å²) in [4.78, 5) is 10.8. The molecule has 0 aliphatic heterocycles. The number of carboxylic acid groups (broad SMARTS) is 1. The standard InChI is InChI=1S/C10H17F3O4S/c1-2-3-4-5-8(9(14)15)18(16,17)7-6-10(11,12)13/h8H,2-7H2,1H3,(H,14,15). The number of sulfone groups is 1. The normalized spacial score (nSPS) is 14.4. The van der Waals surface area contributed by atoms with Crippen LogP contribution < -0.4 is 0 Å². The van der Waals surface area contributed by atoms with Crippen molar-refractivity contribution in [1.82, 2.24) is 0 Å². The van der Waals surface area contributed by atoms with Crippen LogP contribution in [0.5, 0.6) is 0 Å². The molecule has 0 aromatic carbocycles. The topological polar surface area (TPSA) is 71.4 Å². The van der Waals surface area contributed by atoms with E-state index in [1.165, 1.54) is 0 Å². The molecule has 0 spiro atoms. The number of unbranched alkanes of at least 4 members (excludes halogenated alkanes) is 2. The van der Waals surface area contributed by atoms with Gasteiger partial charge in [0.2, 0.25) is 0 Å². The van der Waals surface area contributed by atoms with Gasteiger partial charge in [-0.05, 0) is 6.42 Å². The first kappa shape index (κ1) is 17.2.